The smallest absolute Gasteiger partial charge is 0.381 e. The highest BCUT2D eigenvalue weighted by molar-refractivity contribution is 7.99. The normalized spacial score (nSPS) is 17.0. The number of aliphatic hydroxyl groups excluding tert-OH is 1. The first kappa shape index (κ1) is 41.2. The predicted octanol–water partition coefficient (Wildman–Crippen LogP) is 0.977. The number of aromatic amines is 1. The zero-order chi connectivity index (χ0) is 35.4. The maximum Gasteiger partial charge on any atom is 0.471 e. The van der Waals surface area contributed by atoms with E-state index in [1.165, 1.54) is 13.2 Å². The summed E-state index contributed by atoms with van der Waals surface area (Å²) < 4.78 is 26.6. The summed E-state index contributed by atoms with van der Waals surface area (Å²) in [4.78, 5) is 71.3. The Morgan fingerprint density at radius 2 is 1.85 bits per heavy atom. The van der Waals surface area contributed by atoms with Gasteiger partial charge in [-0.2, -0.15) is 11.8 Å². The molecule has 4 atom stereocenters. The number of ether oxygens (including phenoxy) is 1. The van der Waals surface area contributed by atoms with E-state index >= 15 is 0 Å². The molecule has 1 aromatic rings. The molecule has 1 aliphatic heterocycles. The van der Waals surface area contributed by atoms with Crippen molar-refractivity contribution in [2.24, 2.45) is 0 Å². The molecule has 2 rings (SSSR count). The van der Waals surface area contributed by atoms with Crippen LogP contribution in [0.4, 0.5) is 4.79 Å². The van der Waals surface area contributed by atoms with Crippen LogP contribution in [-0.2, 0) is 27.9 Å². The monoisotopic (exact) mass is 720 g/mol. The summed E-state index contributed by atoms with van der Waals surface area (Å²) in [7, 11) is -1.78. The van der Waals surface area contributed by atoms with Gasteiger partial charge in [0, 0.05) is 64.7 Å². The Labute approximate surface area is 283 Å². The van der Waals surface area contributed by atoms with Crippen molar-refractivity contribution >= 4 is 43.5 Å². The third kappa shape index (κ3) is 16.9. The minimum atomic E-state index is -4.17. The second-order valence-corrected chi connectivity index (χ2v) is 13.8. The largest absolute Gasteiger partial charge is 0.471 e. The first-order chi connectivity index (χ1) is 22.9. The number of amides is 4. The Hall–Kier alpha value is -2.99. The lowest BCUT2D eigenvalue weighted by Crippen LogP contribution is -2.35. The zero-order valence-corrected chi connectivity index (χ0v) is 29.2. The molecule has 0 aromatic carbocycles. The van der Waals surface area contributed by atoms with Crippen LogP contribution in [0.1, 0.15) is 69.6 Å². The summed E-state index contributed by atoms with van der Waals surface area (Å²) in [5.74, 6) is 1.42. The Morgan fingerprint density at radius 3 is 2.52 bits per heavy atom. The number of carbonyl (C=O) groups excluding carboxylic acids is 3. The molecule has 4 unspecified atom stereocenters. The molecule has 2 heterocycles. The lowest BCUT2D eigenvalue weighted by molar-refractivity contribution is -0.121. The number of phosphoric ester groups is 1. The van der Waals surface area contributed by atoms with Crippen LogP contribution in [0.25, 0.3) is 6.08 Å². The van der Waals surface area contributed by atoms with E-state index < -0.39 is 37.3 Å². The molecule has 0 saturated carbocycles. The maximum absolute atomic E-state index is 12.3. The number of methoxy groups -OCH3 is 1. The van der Waals surface area contributed by atoms with Gasteiger partial charge in [0.2, 0.25) is 11.8 Å². The second-order valence-electron chi connectivity index (χ2n) is 11.1. The molecule has 0 spiro atoms. The Morgan fingerprint density at radius 1 is 1.12 bits per heavy atom. The number of unbranched alkanes of at least 4 members (excludes halogenated alkanes) is 4. The number of rotatable bonds is 25. The van der Waals surface area contributed by atoms with Gasteiger partial charge in [-0.25, -0.2) is 14.2 Å². The van der Waals surface area contributed by atoms with Gasteiger partial charge in [0.1, 0.15) is 6.23 Å². The molecular weight excluding hydrogens is 671 g/mol. The number of hydrogen-bond donors (Lipinski definition) is 7. The number of hydrogen-bond acceptors (Lipinski definition) is 11. The lowest BCUT2D eigenvalue weighted by atomic mass is 10.1. The van der Waals surface area contributed by atoms with E-state index in [1.807, 2.05) is 0 Å². The number of nitrogens with zero attached hydrogens (tertiary/aromatic N) is 1. The van der Waals surface area contributed by atoms with Crippen molar-refractivity contribution < 1.29 is 42.7 Å². The SMILES string of the molecule is COC(CCOP(=O)(O)OC)CC(O)n1cc(/C=C/C(=O)NCCCCCCNC(=O)CCCCSCC2CNC(=O)N2)c(=O)[nH]c1=O. The Balaban J connectivity index is 1.60. The summed E-state index contributed by atoms with van der Waals surface area (Å²) in [6.45, 7) is 1.47. The molecular formula is C29H49N6O11PS. The van der Waals surface area contributed by atoms with Crippen LogP contribution in [0.3, 0.4) is 0 Å². The van der Waals surface area contributed by atoms with Gasteiger partial charge in [-0.15, -0.1) is 0 Å². The summed E-state index contributed by atoms with van der Waals surface area (Å²) in [6, 6.07) is 0.0598. The number of H-pyrrole nitrogens is 1. The molecule has 7 N–H and O–H groups in total. The molecule has 1 aliphatic rings. The van der Waals surface area contributed by atoms with E-state index in [0.717, 1.165) is 74.0 Å². The molecule has 1 aromatic heterocycles. The molecule has 19 heteroatoms. The summed E-state index contributed by atoms with van der Waals surface area (Å²) >= 11 is 1.78. The van der Waals surface area contributed by atoms with Crippen molar-refractivity contribution in [1.82, 2.24) is 30.8 Å². The van der Waals surface area contributed by atoms with Crippen LogP contribution < -0.4 is 32.5 Å². The first-order valence-corrected chi connectivity index (χ1v) is 18.5. The number of nitrogens with one attached hydrogen (secondary N) is 5. The van der Waals surface area contributed by atoms with Crippen LogP contribution in [0.15, 0.2) is 21.9 Å². The molecule has 1 saturated heterocycles. The van der Waals surface area contributed by atoms with Gasteiger partial charge in [0.05, 0.1) is 24.3 Å². The fraction of sp³-hybridized carbons (Fsp3) is 0.690. The lowest BCUT2D eigenvalue weighted by Gasteiger charge is -2.21. The van der Waals surface area contributed by atoms with Gasteiger partial charge >= 0.3 is 19.5 Å². The highest BCUT2D eigenvalue weighted by Gasteiger charge is 2.22. The van der Waals surface area contributed by atoms with Crippen LogP contribution >= 0.6 is 19.6 Å². The van der Waals surface area contributed by atoms with E-state index in [2.05, 4.69) is 30.8 Å². The minimum Gasteiger partial charge on any atom is -0.381 e. The molecule has 0 radical (unpaired) electrons. The van der Waals surface area contributed by atoms with Crippen LogP contribution in [0, 0.1) is 0 Å². The summed E-state index contributed by atoms with van der Waals surface area (Å²) in [6.07, 6.45) is 7.02. The van der Waals surface area contributed by atoms with Crippen molar-refractivity contribution in [3.63, 3.8) is 0 Å². The number of carbonyl (C=O) groups is 3. The van der Waals surface area contributed by atoms with Gasteiger partial charge in [-0.3, -0.25) is 33.0 Å². The second kappa shape index (κ2) is 22.6. The third-order valence-corrected chi connectivity index (χ3v) is 9.48. The number of phosphoric acid groups is 1. The highest BCUT2D eigenvalue weighted by atomic mass is 32.2. The first-order valence-electron chi connectivity index (χ1n) is 15.9. The average molecular weight is 721 g/mol. The van der Waals surface area contributed by atoms with Crippen LogP contribution in [0.2, 0.25) is 0 Å². The number of thioether (sulfide) groups is 1. The van der Waals surface area contributed by atoms with Gasteiger partial charge in [-0.1, -0.05) is 12.8 Å². The fourth-order valence-corrected chi connectivity index (χ4v) is 6.05. The number of aromatic nitrogens is 2. The molecule has 1 fully saturated rings. The molecule has 48 heavy (non-hydrogen) atoms. The summed E-state index contributed by atoms with van der Waals surface area (Å²) in [5, 5.41) is 21.8. The quantitative estimate of drug-likeness (QED) is 0.0425. The van der Waals surface area contributed by atoms with Crippen LogP contribution in [-0.4, -0.2) is 102 Å². The minimum absolute atomic E-state index is 0.0308. The molecule has 17 nitrogen and oxygen atoms in total. The van der Waals surface area contributed by atoms with E-state index in [9.17, 15) is 38.5 Å². The zero-order valence-electron chi connectivity index (χ0n) is 27.4. The predicted molar refractivity (Wildman–Crippen MR) is 180 cm³/mol. The number of aliphatic hydroxyl groups is 1. The number of urea groups is 1. The van der Waals surface area contributed by atoms with E-state index in [4.69, 9.17) is 9.26 Å². The standard InChI is InChI=1S/C29H49N6O11PS/c1-44-23(12-15-46-47(42,43)45-2)17-26(38)35-19-21(27(39)34-29(35)41)10-11-25(37)31-14-7-4-3-6-13-30-24(36)9-5-8-16-48-20-22-18-32-28(40)33-22/h10-11,19,22-23,26,38H,3-9,12-18,20H2,1-2H3,(H,30,36)(H,31,37)(H,42,43)(H2,32,33,40)(H,34,39,41)/b11-10+. The van der Waals surface area contributed by atoms with Gasteiger partial charge in [0.25, 0.3) is 5.56 Å². The van der Waals surface area contributed by atoms with Crippen molar-refractivity contribution in [2.75, 3.05) is 52.0 Å². The summed E-state index contributed by atoms with van der Waals surface area (Å²) in [5.41, 5.74) is -1.63. The molecule has 0 aliphatic carbocycles. The van der Waals surface area contributed by atoms with Gasteiger partial charge < -0.3 is 36.0 Å². The molecule has 4 amide bonds. The molecule has 0 bridgehead atoms. The Kier molecular flexibility index (Phi) is 19.4. The maximum atomic E-state index is 12.3. The van der Waals surface area contributed by atoms with Crippen molar-refractivity contribution in [1.29, 1.82) is 0 Å². The van der Waals surface area contributed by atoms with E-state index in [-0.39, 0.29) is 43.0 Å². The van der Waals surface area contributed by atoms with Crippen molar-refractivity contribution in [3.05, 3.63) is 38.7 Å². The highest BCUT2D eigenvalue weighted by Crippen LogP contribution is 2.42. The van der Waals surface area contributed by atoms with Crippen LogP contribution in [0.5, 0.6) is 0 Å². The van der Waals surface area contributed by atoms with Crippen molar-refractivity contribution in [2.45, 2.75) is 76.2 Å². The van der Waals surface area contributed by atoms with Gasteiger partial charge in [0.15, 0.2) is 0 Å². The van der Waals surface area contributed by atoms with Crippen molar-refractivity contribution in [3.8, 4) is 0 Å². The van der Waals surface area contributed by atoms with E-state index in [0.29, 0.717) is 26.1 Å². The third-order valence-electron chi connectivity index (χ3n) is 7.29. The van der Waals surface area contributed by atoms with Gasteiger partial charge in [-0.05, 0) is 43.9 Å². The van der Waals surface area contributed by atoms with E-state index in [1.54, 1.807) is 11.8 Å². The fourth-order valence-electron chi connectivity index (χ4n) is 4.55. The topological polar surface area (TPSA) is 239 Å². The average Bonchev–Trinajstić information content (AvgIpc) is 3.47. The molecule has 272 valence electrons. The Bertz CT molecular complexity index is 1360.